The molecule has 0 unspecified atom stereocenters. The van der Waals surface area contributed by atoms with Gasteiger partial charge in [0.2, 0.25) is 0 Å². The zero-order valence-electron chi connectivity index (χ0n) is 11.9. The van der Waals surface area contributed by atoms with Crippen molar-refractivity contribution >= 4 is 17.4 Å². The number of hydrogen-bond donors (Lipinski definition) is 0. The van der Waals surface area contributed by atoms with Gasteiger partial charge in [-0.15, -0.1) is 0 Å². The fraction of sp³-hybridized carbons (Fsp3) is 0.294. The van der Waals surface area contributed by atoms with Crippen LogP contribution in [0.1, 0.15) is 28.8 Å². The lowest BCUT2D eigenvalue weighted by atomic mass is 10.1. The Hall–Kier alpha value is -2.05. The number of nitriles is 1. The summed E-state index contributed by atoms with van der Waals surface area (Å²) in [6, 6.07) is 12.0. The standard InChI is InChI=1S/C17H16ClN3/c1-21(11-12-5-7-15(18)8-6-12)17-14(10-19)9-13-3-2-4-16(13)20-17/h5-9H,2-4,11H2,1H3. The number of halogens is 1. The Balaban J connectivity index is 1.89. The predicted octanol–water partition coefficient (Wildman–Crippen LogP) is 3.73. The summed E-state index contributed by atoms with van der Waals surface area (Å²) in [5.41, 5.74) is 4.18. The predicted molar refractivity (Wildman–Crippen MR) is 84.5 cm³/mol. The fourth-order valence-electron chi connectivity index (χ4n) is 2.77. The van der Waals surface area contributed by atoms with Gasteiger partial charge in [-0.25, -0.2) is 4.98 Å². The third kappa shape index (κ3) is 2.86. The number of hydrogen-bond acceptors (Lipinski definition) is 3. The van der Waals surface area contributed by atoms with Crippen LogP contribution in [0.3, 0.4) is 0 Å². The first-order valence-corrected chi connectivity index (χ1v) is 7.43. The quantitative estimate of drug-likeness (QED) is 0.866. The largest absolute Gasteiger partial charge is 0.354 e. The lowest BCUT2D eigenvalue weighted by Gasteiger charge is -2.20. The molecule has 1 aliphatic carbocycles. The Morgan fingerprint density at radius 1 is 1.29 bits per heavy atom. The SMILES string of the molecule is CN(Cc1ccc(Cl)cc1)c1nc2c(cc1C#N)CCC2. The van der Waals surface area contributed by atoms with E-state index < -0.39 is 0 Å². The molecule has 1 aliphatic rings. The molecule has 3 rings (SSSR count). The molecule has 0 N–H and O–H groups in total. The van der Waals surface area contributed by atoms with Crippen LogP contribution >= 0.6 is 11.6 Å². The van der Waals surface area contributed by atoms with Crippen LogP contribution in [-0.2, 0) is 19.4 Å². The Morgan fingerprint density at radius 2 is 2.05 bits per heavy atom. The highest BCUT2D eigenvalue weighted by atomic mass is 35.5. The number of pyridine rings is 1. The first kappa shape index (κ1) is 13.9. The van der Waals surface area contributed by atoms with Gasteiger partial charge >= 0.3 is 0 Å². The molecule has 0 bridgehead atoms. The number of fused-ring (bicyclic) bond motifs is 1. The fourth-order valence-corrected chi connectivity index (χ4v) is 2.90. The average molecular weight is 298 g/mol. The van der Waals surface area contributed by atoms with Gasteiger partial charge in [0, 0.05) is 24.3 Å². The Labute approximate surface area is 129 Å². The average Bonchev–Trinajstić information content (AvgIpc) is 2.95. The Morgan fingerprint density at radius 3 is 2.76 bits per heavy atom. The summed E-state index contributed by atoms with van der Waals surface area (Å²) in [5, 5.41) is 10.1. The van der Waals surface area contributed by atoms with Crippen LogP contribution in [0.5, 0.6) is 0 Å². The molecule has 1 aromatic heterocycles. The number of nitrogens with zero attached hydrogens (tertiary/aromatic N) is 3. The minimum atomic E-state index is 0.659. The number of aromatic nitrogens is 1. The van der Waals surface area contributed by atoms with Crippen LogP contribution in [0.2, 0.25) is 5.02 Å². The second kappa shape index (κ2) is 5.75. The smallest absolute Gasteiger partial charge is 0.146 e. The Kier molecular flexibility index (Phi) is 3.81. The molecule has 0 spiro atoms. The van der Waals surface area contributed by atoms with Gasteiger partial charge < -0.3 is 4.90 Å². The molecule has 106 valence electrons. The summed E-state index contributed by atoms with van der Waals surface area (Å²) >= 11 is 5.91. The van der Waals surface area contributed by atoms with Crippen LogP contribution < -0.4 is 4.90 Å². The minimum Gasteiger partial charge on any atom is -0.354 e. The van der Waals surface area contributed by atoms with Crippen molar-refractivity contribution in [1.29, 1.82) is 5.26 Å². The van der Waals surface area contributed by atoms with Crippen LogP contribution in [0.4, 0.5) is 5.82 Å². The van der Waals surface area contributed by atoms with Crippen LogP contribution in [0.15, 0.2) is 30.3 Å². The third-order valence-corrected chi connectivity index (χ3v) is 4.10. The highest BCUT2D eigenvalue weighted by Gasteiger charge is 2.18. The minimum absolute atomic E-state index is 0.659. The summed E-state index contributed by atoms with van der Waals surface area (Å²) in [6.45, 7) is 0.706. The van der Waals surface area contributed by atoms with E-state index >= 15 is 0 Å². The monoisotopic (exact) mass is 297 g/mol. The normalized spacial score (nSPS) is 12.8. The number of anilines is 1. The van der Waals surface area contributed by atoms with Gasteiger partial charge in [0.25, 0.3) is 0 Å². The first-order chi connectivity index (χ1) is 10.2. The molecule has 0 amide bonds. The highest BCUT2D eigenvalue weighted by Crippen LogP contribution is 2.27. The van der Waals surface area contributed by atoms with E-state index in [0.717, 1.165) is 41.4 Å². The molecule has 1 aromatic carbocycles. The molecule has 1 heterocycles. The molecule has 0 aliphatic heterocycles. The molecular weight excluding hydrogens is 282 g/mol. The summed E-state index contributed by atoms with van der Waals surface area (Å²) in [7, 11) is 1.97. The summed E-state index contributed by atoms with van der Waals surface area (Å²) < 4.78 is 0. The second-order valence-electron chi connectivity index (χ2n) is 5.41. The van der Waals surface area contributed by atoms with Gasteiger partial charge in [-0.2, -0.15) is 5.26 Å². The molecule has 21 heavy (non-hydrogen) atoms. The van der Waals surface area contributed by atoms with Crippen molar-refractivity contribution in [3.05, 3.63) is 57.7 Å². The van der Waals surface area contributed by atoms with E-state index in [0.29, 0.717) is 12.1 Å². The van der Waals surface area contributed by atoms with Crippen molar-refractivity contribution in [3.63, 3.8) is 0 Å². The molecule has 0 fully saturated rings. The summed E-state index contributed by atoms with van der Waals surface area (Å²) in [6.07, 6.45) is 3.19. The van der Waals surface area contributed by atoms with E-state index in [-0.39, 0.29) is 0 Å². The van der Waals surface area contributed by atoms with Crippen molar-refractivity contribution in [3.8, 4) is 6.07 Å². The maximum Gasteiger partial charge on any atom is 0.146 e. The van der Waals surface area contributed by atoms with Gasteiger partial charge in [0.15, 0.2) is 0 Å². The molecule has 0 saturated heterocycles. The van der Waals surface area contributed by atoms with Crippen molar-refractivity contribution in [2.45, 2.75) is 25.8 Å². The Bertz CT molecular complexity index is 701. The van der Waals surface area contributed by atoms with E-state index in [4.69, 9.17) is 16.6 Å². The van der Waals surface area contributed by atoms with E-state index in [1.807, 2.05) is 42.3 Å². The highest BCUT2D eigenvalue weighted by molar-refractivity contribution is 6.30. The van der Waals surface area contributed by atoms with Crippen LogP contribution in [-0.4, -0.2) is 12.0 Å². The van der Waals surface area contributed by atoms with Gasteiger partial charge in [-0.3, -0.25) is 0 Å². The van der Waals surface area contributed by atoms with E-state index in [1.165, 1.54) is 5.56 Å². The summed E-state index contributed by atoms with van der Waals surface area (Å²) in [5.74, 6) is 0.771. The molecular formula is C17H16ClN3. The number of rotatable bonds is 3. The van der Waals surface area contributed by atoms with Gasteiger partial charge in [0.05, 0.1) is 5.56 Å². The maximum absolute atomic E-state index is 9.37. The lowest BCUT2D eigenvalue weighted by Crippen LogP contribution is -2.19. The molecule has 0 atom stereocenters. The molecule has 0 saturated carbocycles. The molecule has 0 radical (unpaired) electrons. The van der Waals surface area contributed by atoms with E-state index in [2.05, 4.69) is 6.07 Å². The zero-order chi connectivity index (χ0) is 14.8. The van der Waals surface area contributed by atoms with Crippen molar-refractivity contribution in [1.82, 2.24) is 4.98 Å². The maximum atomic E-state index is 9.37. The zero-order valence-corrected chi connectivity index (χ0v) is 12.7. The molecule has 3 nitrogen and oxygen atoms in total. The molecule has 4 heteroatoms. The van der Waals surface area contributed by atoms with Crippen molar-refractivity contribution < 1.29 is 0 Å². The van der Waals surface area contributed by atoms with Crippen LogP contribution in [0, 0.1) is 11.3 Å². The summed E-state index contributed by atoms with van der Waals surface area (Å²) in [4.78, 5) is 6.74. The van der Waals surface area contributed by atoms with Gasteiger partial charge in [0.1, 0.15) is 11.9 Å². The molecule has 2 aromatic rings. The second-order valence-corrected chi connectivity index (χ2v) is 5.85. The van der Waals surface area contributed by atoms with E-state index in [1.54, 1.807) is 0 Å². The van der Waals surface area contributed by atoms with Crippen LogP contribution in [0.25, 0.3) is 0 Å². The number of aryl methyl sites for hydroxylation is 2. The van der Waals surface area contributed by atoms with Crippen molar-refractivity contribution in [2.24, 2.45) is 0 Å². The van der Waals surface area contributed by atoms with Gasteiger partial charge in [-0.1, -0.05) is 23.7 Å². The topological polar surface area (TPSA) is 39.9 Å². The number of benzene rings is 1. The van der Waals surface area contributed by atoms with Gasteiger partial charge in [-0.05, 0) is 48.6 Å². The third-order valence-electron chi connectivity index (χ3n) is 3.85. The van der Waals surface area contributed by atoms with Crippen molar-refractivity contribution in [2.75, 3.05) is 11.9 Å². The van der Waals surface area contributed by atoms with E-state index in [9.17, 15) is 5.26 Å². The lowest BCUT2D eigenvalue weighted by molar-refractivity contribution is 0.872. The first-order valence-electron chi connectivity index (χ1n) is 7.06.